The first-order valence-electron chi connectivity index (χ1n) is 3.78. The third kappa shape index (κ3) is 3.14. The van der Waals surface area contributed by atoms with Crippen molar-refractivity contribution >= 4 is 17.4 Å². The lowest BCUT2D eigenvalue weighted by atomic mass is 10.4. The van der Waals surface area contributed by atoms with Crippen LogP contribution in [0.1, 0.15) is 6.92 Å². The van der Waals surface area contributed by atoms with E-state index in [9.17, 15) is 8.78 Å². The van der Waals surface area contributed by atoms with Gasteiger partial charge in [-0.3, -0.25) is 0 Å². The van der Waals surface area contributed by atoms with Crippen molar-refractivity contribution in [2.24, 2.45) is 0 Å². The van der Waals surface area contributed by atoms with Crippen molar-refractivity contribution in [3.05, 3.63) is 23.9 Å². The summed E-state index contributed by atoms with van der Waals surface area (Å²) in [6, 6.07) is 0.772. The smallest absolute Gasteiger partial charge is 0.168 e. The van der Waals surface area contributed by atoms with Gasteiger partial charge in [-0.05, 0) is 6.92 Å². The fraction of sp³-hybridized carbons (Fsp3) is 0.375. The van der Waals surface area contributed by atoms with E-state index in [1.807, 2.05) is 0 Å². The zero-order chi connectivity index (χ0) is 9.84. The first kappa shape index (κ1) is 10.2. The summed E-state index contributed by atoms with van der Waals surface area (Å²) in [5, 5.41) is 2.52. The SMILES string of the molecule is CC(Cl)CNc1ncc(F)cc1F. The molecule has 0 fully saturated rings. The second-order valence-electron chi connectivity index (χ2n) is 2.65. The fourth-order valence-electron chi connectivity index (χ4n) is 0.782. The molecule has 0 radical (unpaired) electrons. The Morgan fingerprint density at radius 3 is 2.85 bits per heavy atom. The molecule has 0 bridgehead atoms. The minimum atomic E-state index is -0.711. The van der Waals surface area contributed by atoms with Crippen LogP contribution < -0.4 is 5.32 Å². The number of rotatable bonds is 3. The van der Waals surface area contributed by atoms with Crippen LogP contribution in [0.15, 0.2) is 12.3 Å². The highest BCUT2D eigenvalue weighted by Crippen LogP contribution is 2.11. The van der Waals surface area contributed by atoms with Crippen molar-refractivity contribution in [3.8, 4) is 0 Å². The predicted molar refractivity (Wildman–Crippen MR) is 48.0 cm³/mol. The molecule has 13 heavy (non-hydrogen) atoms. The molecule has 0 amide bonds. The molecule has 1 heterocycles. The Kier molecular flexibility index (Phi) is 3.42. The molecule has 72 valence electrons. The summed E-state index contributed by atoms with van der Waals surface area (Å²) >= 11 is 5.62. The molecule has 1 N–H and O–H groups in total. The Morgan fingerprint density at radius 1 is 1.62 bits per heavy atom. The van der Waals surface area contributed by atoms with E-state index in [1.165, 1.54) is 0 Å². The van der Waals surface area contributed by atoms with E-state index in [2.05, 4.69) is 10.3 Å². The standard InChI is InChI=1S/C8H9ClF2N2/c1-5(9)3-12-8-7(11)2-6(10)4-13-8/h2,4-5H,3H2,1H3,(H,12,13). The summed E-state index contributed by atoms with van der Waals surface area (Å²) in [5.74, 6) is -1.38. The second kappa shape index (κ2) is 4.37. The van der Waals surface area contributed by atoms with Crippen molar-refractivity contribution in [2.75, 3.05) is 11.9 Å². The van der Waals surface area contributed by atoms with Gasteiger partial charge in [0, 0.05) is 18.0 Å². The molecule has 2 nitrogen and oxygen atoms in total. The first-order chi connectivity index (χ1) is 6.09. The number of anilines is 1. The minimum absolute atomic E-state index is 0.0221. The Labute approximate surface area is 79.9 Å². The number of hydrogen-bond donors (Lipinski definition) is 1. The van der Waals surface area contributed by atoms with Crippen LogP contribution in [-0.2, 0) is 0 Å². The summed E-state index contributed by atoms with van der Waals surface area (Å²) in [7, 11) is 0. The molecule has 1 aromatic rings. The van der Waals surface area contributed by atoms with Crippen molar-refractivity contribution in [1.82, 2.24) is 4.98 Å². The van der Waals surface area contributed by atoms with E-state index >= 15 is 0 Å². The van der Waals surface area contributed by atoms with Crippen LogP contribution in [0.25, 0.3) is 0 Å². The molecule has 1 atom stereocenters. The van der Waals surface area contributed by atoms with Gasteiger partial charge in [0.2, 0.25) is 0 Å². The Morgan fingerprint density at radius 2 is 2.31 bits per heavy atom. The van der Waals surface area contributed by atoms with Gasteiger partial charge in [0.1, 0.15) is 5.82 Å². The molecular formula is C8H9ClF2N2. The third-order valence-corrected chi connectivity index (χ3v) is 1.51. The molecule has 5 heteroatoms. The lowest BCUT2D eigenvalue weighted by Crippen LogP contribution is -2.12. The lowest BCUT2D eigenvalue weighted by molar-refractivity contribution is 0.575. The third-order valence-electron chi connectivity index (χ3n) is 1.36. The van der Waals surface area contributed by atoms with Gasteiger partial charge >= 0.3 is 0 Å². The summed E-state index contributed by atoms with van der Waals surface area (Å²) in [5.41, 5.74) is 0. The number of halogens is 3. The minimum Gasteiger partial charge on any atom is -0.366 e. The average Bonchev–Trinajstić information content (AvgIpc) is 2.02. The molecule has 0 aliphatic carbocycles. The highest BCUT2D eigenvalue weighted by atomic mass is 35.5. The van der Waals surface area contributed by atoms with E-state index in [4.69, 9.17) is 11.6 Å². The summed E-state index contributed by atoms with van der Waals surface area (Å²) in [4.78, 5) is 3.53. The van der Waals surface area contributed by atoms with Gasteiger partial charge in [0.15, 0.2) is 11.6 Å². The summed E-state index contributed by atoms with van der Waals surface area (Å²) in [6.45, 7) is 2.15. The average molecular weight is 207 g/mol. The van der Waals surface area contributed by atoms with Crippen LogP contribution in [0.5, 0.6) is 0 Å². The Balaban J connectivity index is 2.67. The van der Waals surface area contributed by atoms with Crippen LogP contribution in [0.2, 0.25) is 0 Å². The number of aromatic nitrogens is 1. The summed E-state index contributed by atoms with van der Waals surface area (Å²) in [6.07, 6.45) is 0.949. The molecule has 1 rings (SSSR count). The van der Waals surface area contributed by atoms with Crippen LogP contribution in [-0.4, -0.2) is 16.9 Å². The maximum absolute atomic E-state index is 12.9. The highest BCUT2D eigenvalue weighted by molar-refractivity contribution is 6.20. The monoisotopic (exact) mass is 206 g/mol. The Bertz CT molecular complexity index is 291. The molecule has 0 spiro atoms. The van der Waals surface area contributed by atoms with E-state index in [0.717, 1.165) is 12.3 Å². The molecule has 0 aliphatic heterocycles. The van der Waals surface area contributed by atoms with Crippen LogP contribution >= 0.6 is 11.6 Å². The van der Waals surface area contributed by atoms with Crippen molar-refractivity contribution in [1.29, 1.82) is 0 Å². The van der Waals surface area contributed by atoms with Gasteiger partial charge in [-0.2, -0.15) is 0 Å². The first-order valence-corrected chi connectivity index (χ1v) is 4.22. The maximum atomic E-state index is 12.9. The molecule has 0 aliphatic rings. The normalized spacial score (nSPS) is 12.6. The zero-order valence-corrected chi connectivity index (χ0v) is 7.78. The van der Waals surface area contributed by atoms with Crippen LogP contribution in [0.4, 0.5) is 14.6 Å². The molecule has 1 aromatic heterocycles. The Hall–Kier alpha value is -0.900. The van der Waals surface area contributed by atoms with Gasteiger partial charge in [0.05, 0.1) is 6.20 Å². The lowest BCUT2D eigenvalue weighted by Gasteiger charge is -2.06. The van der Waals surface area contributed by atoms with Gasteiger partial charge < -0.3 is 5.32 Å². The van der Waals surface area contributed by atoms with Crippen molar-refractivity contribution in [3.63, 3.8) is 0 Å². The van der Waals surface area contributed by atoms with Gasteiger partial charge in [0.25, 0.3) is 0 Å². The number of pyridine rings is 1. The molecule has 0 aromatic carbocycles. The molecule has 1 unspecified atom stereocenters. The van der Waals surface area contributed by atoms with Crippen molar-refractivity contribution < 1.29 is 8.78 Å². The molecular weight excluding hydrogens is 198 g/mol. The van der Waals surface area contributed by atoms with E-state index in [0.29, 0.717) is 6.54 Å². The van der Waals surface area contributed by atoms with Crippen LogP contribution in [0.3, 0.4) is 0 Å². The van der Waals surface area contributed by atoms with E-state index in [-0.39, 0.29) is 11.2 Å². The zero-order valence-electron chi connectivity index (χ0n) is 7.02. The fourth-order valence-corrected chi connectivity index (χ4v) is 0.859. The van der Waals surface area contributed by atoms with E-state index < -0.39 is 11.6 Å². The van der Waals surface area contributed by atoms with Gasteiger partial charge in [-0.15, -0.1) is 11.6 Å². The quantitative estimate of drug-likeness (QED) is 0.769. The largest absolute Gasteiger partial charge is 0.366 e. The molecule has 0 saturated heterocycles. The van der Waals surface area contributed by atoms with Crippen LogP contribution in [0, 0.1) is 11.6 Å². The summed E-state index contributed by atoms with van der Waals surface area (Å²) < 4.78 is 25.3. The van der Waals surface area contributed by atoms with Crippen molar-refractivity contribution in [2.45, 2.75) is 12.3 Å². The van der Waals surface area contributed by atoms with E-state index in [1.54, 1.807) is 6.92 Å². The number of alkyl halides is 1. The maximum Gasteiger partial charge on any atom is 0.168 e. The number of nitrogens with zero attached hydrogens (tertiary/aromatic N) is 1. The highest BCUT2D eigenvalue weighted by Gasteiger charge is 2.05. The van der Waals surface area contributed by atoms with Gasteiger partial charge in [-0.1, -0.05) is 0 Å². The number of nitrogens with one attached hydrogen (secondary N) is 1. The topological polar surface area (TPSA) is 24.9 Å². The van der Waals surface area contributed by atoms with Gasteiger partial charge in [-0.25, -0.2) is 13.8 Å². The predicted octanol–water partition coefficient (Wildman–Crippen LogP) is 2.40. The second-order valence-corrected chi connectivity index (χ2v) is 3.39. The number of hydrogen-bond acceptors (Lipinski definition) is 2. The molecule has 0 saturated carbocycles.